The van der Waals surface area contributed by atoms with Gasteiger partial charge >= 0.3 is 0 Å². The SMILES string of the molecule is C/C=N/Nc1c(CC)c(=O)n(CCCN)c2ccc(Cl)cc12. The molecule has 0 aliphatic heterocycles. The first kappa shape index (κ1) is 16.5. The molecule has 0 spiro atoms. The summed E-state index contributed by atoms with van der Waals surface area (Å²) in [7, 11) is 0. The highest BCUT2D eigenvalue weighted by molar-refractivity contribution is 6.31. The molecule has 6 heteroatoms. The van der Waals surface area contributed by atoms with Crippen molar-refractivity contribution >= 4 is 34.4 Å². The quantitative estimate of drug-likeness (QED) is 0.635. The molecule has 118 valence electrons. The first-order valence-corrected chi connectivity index (χ1v) is 7.80. The van der Waals surface area contributed by atoms with Gasteiger partial charge in [0.15, 0.2) is 0 Å². The molecule has 0 atom stereocenters. The van der Waals surface area contributed by atoms with Gasteiger partial charge in [0.25, 0.3) is 5.56 Å². The maximum Gasteiger partial charge on any atom is 0.256 e. The van der Waals surface area contributed by atoms with E-state index in [0.717, 1.165) is 23.0 Å². The van der Waals surface area contributed by atoms with Gasteiger partial charge in [0, 0.05) is 28.7 Å². The molecule has 2 rings (SSSR count). The van der Waals surface area contributed by atoms with Crippen molar-refractivity contribution in [1.29, 1.82) is 0 Å². The van der Waals surface area contributed by atoms with E-state index < -0.39 is 0 Å². The minimum absolute atomic E-state index is 0.000393. The summed E-state index contributed by atoms with van der Waals surface area (Å²) in [6.45, 7) is 4.92. The number of anilines is 1. The summed E-state index contributed by atoms with van der Waals surface area (Å²) in [5, 5.41) is 5.60. The first-order chi connectivity index (χ1) is 10.6. The van der Waals surface area contributed by atoms with Crippen molar-refractivity contribution in [1.82, 2.24) is 4.57 Å². The van der Waals surface area contributed by atoms with E-state index in [-0.39, 0.29) is 5.56 Å². The van der Waals surface area contributed by atoms with Crippen LogP contribution in [0.3, 0.4) is 0 Å². The van der Waals surface area contributed by atoms with Crippen LogP contribution < -0.4 is 16.7 Å². The lowest BCUT2D eigenvalue weighted by atomic mass is 10.1. The molecule has 22 heavy (non-hydrogen) atoms. The third kappa shape index (κ3) is 3.15. The summed E-state index contributed by atoms with van der Waals surface area (Å²) in [5.74, 6) is 0. The average molecular weight is 321 g/mol. The average Bonchev–Trinajstić information content (AvgIpc) is 2.52. The van der Waals surface area contributed by atoms with Gasteiger partial charge in [-0.3, -0.25) is 10.2 Å². The van der Waals surface area contributed by atoms with Gasteiger partial charge in [0.1, 0.15) is 0 Å². The van der Waals surface area contributed by atoms with Crippen molar-refractivity contribution in [2.75, 3.05) is 12.0 Å². The van der Waals surface area contributed by atoms with Crippen LogP contribution >= 0.6 is 11.6 Å². The third-order valence-electron chi connectivity index (χ3n) is 3.57. The van der Waals surface area contributed by atoms with E-state index in [1.807, 2.05) is 26.0 Å². The molecule has 3 N–H and O–H groups in total. The van der Waals surface area contributed by atoms with E-state index in [1.54, 1.807) is 16.8 Å². The van der Waals surface area contributed by atoms with Crippen LogP contribution in [0, 0.1) is 0 Å². The van der Waals surface area contributed by atoms with Crippen LogP contribution in [0.5, 0.6) is 0 Å². The molecule has 0 unspecified atom stereocenters. The van der Waals surface area contributed by atoms with Crippen molar-refractivity contribution < 1.29 is 0 Å². The Hall–Kier alpha value is -1.85. The molecule has 0 aliphatic carbocycles. The highest BCUT2D eigenvalue weighted by Gasteiger charge is 2.15. The summed E-state index contributed by atoms with van der Waals surface area (Å²) in [4.78, 5) is 12.8. The predicted molar refractivity (Wildman–Crippen MR) is 94.1 cm³/mol. The molecular formula is C16H21ClN4O. The molecule has 0 saturated carbocycles. The van der Waals surface area contributed by atoms with Gasteiger partial charge in [-0.2, -0.15) is 5.10 Å². The minimum atomic E-state index is -0.000393. The number of pyridine rings is 1. The van der Waals surface area contributed by atoms with Gasteiger partial charge < -0.3 is 10.3 Å². The zero-order valence-corrected chi connectivity index (χ0v) is 13.7. The molecule has 0 bridgehead atoms. The van der Waals surface area contributed by atoms with Crippen LogP contribution in [0.2, 0.25) is 5.02 Å². The molecular weight excluding hydrogens is 300 g/mol. The molecule has 2 aromatic rings. The molecule has 0 radical (unpaired) electrons. The second-order valence-electron chi connectivity index (χ2n) is 4.97. The van der Waals surface area contributed by atoms with E-state index in [9.17, 15) is 4.79 Å². The van der Waals surface area contributed by atoms with Crippen molar-refractivity contribution in [2.45, 2.75) is 33.2 Å². The van der Waals surface area contributed by atoms with Crippen molar-refractivity contribution in [3.05, 3.63) is 39.1 Å². The first-order valence-electron chi connectivity index (χ1n) is 7.42. The Bertz CT molecular complexity index is 752. The fraction of sp³-hybridized carbons (Fsp3) is 0.375. The number of nitrogens with one attached hydrogen (secondary N) is 1. The Morgan fingerprint density at radius 3 is 2.86 bits per heavy atom. The highest BCUT2D eigenvalue weighted by atomic mass is 35.5. The van der Waals surface area contributed by atoms with Crippen LogP contribution in [-0.4, -0.2) is 17.3 Å². The number of hydrazone groups is 1. The number of aryl methyl sites for hydroxylation is 1. The number of aromatic nitrogens is 1. The van der Waals surface area contributed by atoms with E-state index >= 15 is 0 Å². The molecule has 0 amide bonds. The zero-order chi connectivity index (χ0) is 16.1. The molecule has 0 aliphatic rings. The van der Waals surface area contributed by atoms with Gasteiger partial charge in [-0.25, -0.2) is 0 Å². The lowest BCUT2D eigenvalue weighted by Gasteiger charge is -2.17. The second-order valence-corrected chi connectivity index (χ2v) is 5.40. The fourth-order valence-electron chi connectivity index (χ4n) is 2.54. The zero-order valence-electron chi connectivity index (χ0n) is 12.9. The molecule has 1 heterocycles. The van der Waals surface area contributed by atoms with Gasteiger partial charge in [0.2, 0.25) is 0 Å². The molecule has 1 aromatic carbocycles. The lowest BCUT2D eigenvalue weighted by Crippen LogP contribution is -2.26. The van der Waals surface area contributed by atoms with Gasteiger partial charge in [-0.15, -0.1) is 0 Å². The highest BCUT2D eigenvalue weighted by Crippen LogP contribution is 2.28. The Balaban J connectivity index is 2.81. The van der Waals surface area contributed by atoms with Gasteiger partial charge in [0.05, 0.1) is 11.2 Å². The summed E-state index contributed by atoms with van der Waals surface area (Å²) in [6.07, 6.45) is 3.02. The maximum absolute atomic E-state index is 12.8. The normalized spacial score (nSPS) is 11.5. The number of benzene rings is 1. The summed E-state index contributed by atoms with van der Waals surface area (Å²) in [5.41, 5.74) is 10.8. The van der Waals surface area contributed by atoms with Gasteiger partial charge in [-0.05, 0) is 44.5 Å². The number of fused-ring (bicyclic) bond motifs is 1. The lowest BCUT2D eigenvalue weighted by molar-refractivity contribution is 0.645. The third-order valence-corrected chi connectivity index (χ3v) is 3.80. The topological polar surface area (TPSA) is 72.4 Å². The number of nitrogens with two attached hydrogens (primary N) is 1. The van der Waals surface area contributed by atoms with E-state index in [4.69, 9.17) is 17.3 Å². The van der Waals surface area contributed by atoms with Crippen LogP contribution in [0.4, 0.5) is 5.69 Å². The smallest absolute Gasteiger partial charge is 0.256 e. The summed E-state index contributed by atoms with van der Waals surface area (Å²) >= 11 is 6.14. The van der Waals surface area contributed by atoms with Crippen molar-refractivity contribution in [3.8, 4) is 0 Å². The minimum Gasteiger partial charge on any atom is -0.330 e. The number of nitrogens with zero attached hydrogens (tertiary/aromatic N) is 2. The van der Waals surface area contributed by atoms with Crippen molar-refractivity contribution in [3.63, 3.8) is 0 Å². The Labute approximate surface area is 134 Å². The number of hydrogen-bond acceptors (Lipinski definition) is 4. The largest absolute Gasteiger partial charge is 0.330 e. The van der Waals surface area contributed by atoms with Crippen molar-refractivity contribution in [2.24, 2.45) is 10.8 Å². The van der Waals surface area contributed by atoms with Crippen LogP contribution in [0.1, 0.15) is 25.8 Å². The van der Waals surface area contributed by atoms with E-state index in [2.05, 4.69) is 10.5 Å². The van der Waals surface area contributed by atoms with E-state index in [1.165, 1.54) is 0 Å². The van der Waals surface area contributed by atoms with E-state index in [0.29, 0.717) is 30.1 Å². The summed E-state index contributed by atoms with van der Waals surface area (Å²) < 4.78 is 1.78. The Morgan fingerprint density at radius 1 is 1.45 bits per heavy atom. The fourth-order valence-corrected chi connectivity index (χ4v) is 2.71. The number of halogens is 1. The summed E-state index contributed by atoms with van der Waals surface area (Å²) in [6, 6.07) is 5.53. The second kappa shape index (κ2) is 7.42. The standard InChI is InChI=1S/C16H21ClN4O/c1-3-12-15(20-19-4-2)13-10-11(17)6-7-14(13)21(16(12)22)9-5-8-18/h4,6-7,10,20H,3,5,8-9,18H2,1-2H3/b19-4+. The van der Waals surface area contributed by atoms with Crippen LogP contribution in [0.25, 0.3) is 10.9 Å². The van der Waals surface area contributed by atoms with Crippen LogP contribution in [-0.2, 0) is 13.0 Å². The molecule has 5 nitrogen and oxygen atoms in total. The number of hydrogen-bond donors (Lipinski definition) is 2. The van der Waals surface area contributed by atoms with Gasteiger partial charge in [-0.1, -0.05) is 18.5 Å². The Morgan fingerprint density at radius 2 is 2.23 bits per heavy atom. The maximum atomic E-state index is 12.8. The Kier molecular flexibility index (Phi) is 5.57. The number of rotatable bonds is 6. The van der Waals surface area contributed by atoms with Crippen LogP contribution in [0.15, 0.2) is 28.1 Å². The monoisotopic (exact) mass is 320 g/mol. The molecule has 1 aromatic heterocycles. The molecule has 0 fully saturated rings. The predicted octanol–water partition coefficient (Wildman–Crippen LogP) is 2.98. The molecule has 0 saturated heterocycles.